The maximum absolute atomic E-state index is 13.2. The highest BCUT2D eigenvalue weighted by Gasteiger charge is 2.28. The van der Waals surface area contributed by atoms with Crippen molar-refractivity contribution in [3.05, 3.63) is 53.8 Å². The van der Waals surface area contributed by atoms with Gasteiger partial charge in [-0.1, -0.05) is 6.07 Å². The number of nitrogens with one attached hydrogen (secondary N) is 1. The lowest BCUT2D eigenvalue weighted by molar-refractivity contribution is -0.121. The van der Waals surface area contributed by atoms with Crippen LogP contribution in [0.5, 0.6) is 11.5 Å². The van der Waals surface area contributed by atoms with Crippen molar-refractivity contribution >= 4 is 21.6 Å². The highest BCUT2D eigenvalue weighted by molar-refractivity contribution is 7.92. The molecule has 7 nitrogen and oxygen atoms in total. The van der Waals surface area contributed by atoms with Gasteiger partial charge >= 0.3 is 0 Å². The van der Waals surface area contributed by atoms with Gasteiger partial charge < -0.3 is 14.8 Å². The van der Waals surface area contributed by atoms with E-state index in [1.165, 1.54) is 19.1 Å². The summed E-state index contributed by atoms with van der Waals surface area (Å²) >= 11 is 0. The standard InChI is InChI=1S/C21H27FN2O5S/c1-15(24(30(4,26)27)18-10-8-17(22)9-11-18)21(25)23-13-5-6-16-7-12-19(28-2)20(14-16)29-3/h7-12,14-15H,5-6,13H2,1-4H3,(H,23,25). The number of anilines is 1. The van der Waals surface area contributed by atoms with Crippen LogP contribution in [0.25, 0.3) is 0 Å². The molecule has 164 valence electrons. The normalized spacial score (nSPS) is 12.2. The summed E-state index contributed by atoms with van der Waals surface area (Å²) in [4.78, 5) is 12.5. The minimum atomic E-state index is -3.74. The van der Waals surface area contributed by atoms with Crippen LogP contribution in [-0.4, -0.2) is 47.4 Å². The zero-order valence-corrected chi connectivity index (χ0v) is 18.3. The fraction of sp³-hybridized carbons (Fsp3) is 0.381. The predicted molar refractivity (Wildman–Crippen MR) is 114 cm³/mol. The third kappa shape index (κ3) is 6.09. The Kier molecular flexibility index (Phi) is 8.05. The molecule has 0 saturated heterocycles. The van der Waals surface area contributed by atoms with Crippen molar-refractivity contribution in [2.45, 2.75) is 25.8 Å². The molecule has 0 spiro atoms. The zero-order chi connectivity index (χ0) is 22.3. The van der Waals surface area contributed by atoms with Gasteiger partial charge in [0.25, 0.3) is 0 Å². The molecule has 30 heavy (non-hydrogen) atoms. The second kappa shape index (κ2) is 10.3. The first-order valence-corrected chi connectivity index (χ1v) is 11.3. The second-order valence-electron chi connectivity index (χ2n) is 6.80. The number of aryl methyl sites for hydroxylation is 1. The van der Waals surface area contributed by atoms with Crippen LogP contribution in [0.15, 0.2) is 42.5 Å². The minimum Gasteiger partial charge on any atom is -0.493 e. The summed E-state index contributed by atoms with van der Waals surface area (Å²) in [7, 11) is -0.602. The summed E-state index contributed by atoms with van der Waals surface area (Å²) in [6, 6.07) is 9.61. The van der Waals surface area contributed by atoms with Crippen LogP contribution in [0.4, 0.5) is 10.1 Å². The van der Waals surface area contributed by atoms with Crippen molar-refractivity contribution in [1.82, 2.24) is 5.32 Å². The number of rotatable bonds is 10. The van der Waals surface area contributed by atoms with E-state index in [4.69, 9.17) is 9.47 Å². The molecule has 0 bridgehead atoms. The van der Waals surface area contributed by atoms with Crippen LogP contribution in [0, 0.1) is 5.82 Å². The Bertz CT molecular complexity index is 964. The van der Waals surface area contributed by atoms with E-state index in [1.54, 1.807) is 14.2 Å². The first kappa shape index (κ1) is 23.5. The Morgan fingerprint density at radius 1 is 1.10 bits per heavy atom. The summed E-state index contributed by atoms with van der Waals surface area (Å²) in [5, 5.41) is 2.76. The van der Waals surface area contributed by atoms with Gasteiger partial charge in [0.1, 0.15) is 11.9 Å². The molecule has 0 aliphatic carbocycles. The quantitative estimate of drug-likeness (QED) is 0.577. The molecule has 1 unspecified atom stereocenters. The number of nitrogens with zero attached hydrogens (tertiary/aromatic N) is 1. The van der Waals surface area contributed by atoms with E-state index in [2.05, 4.69) is 5.32 Å². The molecule has 0 aromatic heterocycles. The Morgan fingerprint density at radius 3 is 2.30 bits per heavy atom. The van der Waals surface area contributed by atoms with Gasteiger partial charge in [0.2, 0.25) is 15.9 Å². The summed E-state index contributed by atoms with van der Waals surface area (Å²) in [6.07, 6.45) is 2.36. The molecule has 2 aromatic rings. The van der Waals surface area contributed by atoms with E-state index in [0.717, 1.165) is 28.3 Å². The van der Waals surface area contributed by atoms with Crippen molar-refractivity contribution in [1.29, 1.82) is 0 Å². The second-order valence-corrected chi connectivity index (χ2v) is 8.65. The molecule has 0 radical (unpaired) electrons. The number of hydrogen-bond donors (Lipinski definition) is 1. The van der Waals surface area contributed by atoms with Crippen LogP contribution >= 0.6 is 0 Å². The lowest BCUT2D eigenvalue weighted by Gasteiger charge is -2.28. The van der Waals surface area contributed by atoms with Gasteiger partial charge in [0.15, 0.2) is 11.5 Å². The predicted octanol–water partition coefficient (Wildman–Crippen LogP) is 2.75. The number of halogens is 1. The molecule has 2 rings (SSSR count). The van der Waals surface area contributed by atoms with Gasteiger partial charge in [-0.05, 0) is 61.7 Å². The van der Waals surface area contributed by atoms with Crippen molar-refractivity contribution in [2.75, 3.05) is 31.3 Å². The largest absolute Gasteiger partial charge is 0.493 e. The van der Waals surface area contributed by atoms with E-state index < -0.39 is 27.8 Å². The maximum atomic E-state index is 13.2. The maximum Gasteiger partial charge on any atom is 0.243 e. The summed E-state index contributed by atoms with van der Waals surface area (Å²) in [5.74, 6) is 0.359. The lowest BCUT2D eigenvalue weighted by Crippen LogP contribution is -2.48. The number of amides is 1. The molecule has 1 atom stereocenters. The van der Waals surface area contributed by atoms with Gasteiger partial charge in [0.05, 0.1) is 26.2 Å². The molecule has 1 amide bonds. The number of carbonyl (C=O) groups excluding carboxylic acids is 1. The smallest absolute Gasteiger partial charge is 0.243 e. The highest BCUT2D eigenvalue weighted by Crippen LogP contribution is 2.28. The fourth-order valence-electron chi connectivity index (χ4n) is 3.08. The van der Waals surface area contributed by atoms with Gasteiger partial charge in [0, 0.05) is 6.54 Å². The minimum absolute atomic E-state index is 0.229. The Labute approximate surface area is 176 Å². The van der Waals surface area contributed by atoms with E-state index in [1.807, 2.05) is 18.2 Å². The summed E-state index contributed by atoms with van der Waals surface area (Å²) in [6.45, 7) is 1.87. The van der Waals surface area contributed by atoms with Gasteiger partial charge in [-0.2, -0.15) is 0 Å². The molecule has 0 aliphatic rings. The monoisotopic (exact) mass is 438 g/mol. The molecule has 0 aliphatic heterocycles. The molecule has 0 fully saturated rings. The average Bonchev–Trinajstić information content (AvgIpc) is 2.71. The van der Waals surface area contributed by atoms with Crippen LogP contribution in [-0.2, 0) is 21.2 Å². The van der Waals surface area contributed by atoms with Crippen molar-refractivity contribution in [3.8, 4) is 11.5 Å². The molecule has 0 heterocycles. The van der Waals surface area contributed by atoms with Crippen LogP contribution in [0.3, 0.4) is 0 Å². The third-order valence-electron chi connectivity index (χ3n) is 4.56. The van der Waals surface area contributed by atoms with Gasteiger partial charge in [-0.15, -0.1) is 0 Å². The average molecular weight is 439 g/mol. The summed E-state index contributed by atoms with van der Waals surface area (Å²) < 4.78 is 49.1. The third-order valence-corrected chi connectivity index (χ3v) is 5.80. The number of hydrogen-bond acceptors (Lipinski definition) is 5. The lowest BCUT2D eigenvalue weighted by atomic mass is 10.1. The number of benzene rings is 2. The Morgan fingerprint density at radius 2 is 1.73 bits per heavy atom. The van der Waals surface area contributed by atoms with E-state index >= 15 is 0 Å². The van der Waals surface area contributed by atoms with E-state index in [0.29, 0.717) is 30.9 Å². The van der Waals surface area contributed by atoms with Crippen LogP contribution < -0.4 is 19.1 Å². The molecule has 2 aromatic carbocycles. The van der Waals surface area contributed by atoms with Crippen molar-refractivity contribution in [3.63, 3.8) is 0 Å². The highest BCUT2D eigenvalue weighted by atomic mass is 32.2. The van der Waals surface area contributed by atoms with Crippen LogP contribution in [0.2, 0.25) is 0 Å². The van der Waals surface area contributed by atoms with E-state index in [-0.39, 0.29) is 5.69 Å². The Balaban J connectivity index is 1.96. The van der Waals surface area contributed by atoms with E-state index in [9.17, 15) is 17.6 Å². The molecule has 0 saturated carbocycles. The first-order valence-electron chi connectivity index (χ1n) is 9.41. The first-order chi connectivity index (χ1) is 14.2. The van der Waals surface area contributed by atoms with Gasteiger partial charge in [-0.25, -0.2) is 12.8 Å². The zero-order valence-electron chi connectivity index (χ0n) is 17.5. The number of ether oxygens (including phenoxy) is 2. The number of sulfonamides is 1. The number of methoxy groups -OCH3 is 2. The SMILES string of the molecule is COc1ccc(CCCNC(=O)C(C)N(c2ccc(F)cc2)S(C)(=O)=O)cc1OC. The van der Waals surface area contributed by atoms with Crippen molar-refractivity contribution < 1.29 is 27.1 Å². The van der Waals surface area contributed by atoms with Crippen molar-refractivity contribution in [2.24, 2.45) is 0 Å². The topological polar surface area (TPSA) is 84.9 Å². The van der Waals surface area contributed by atoms with Crippen LogP contribution in [0.1, 0.15) is 18.9 Å². The number of carbonyl (C=O) groups is 1. The molecule has 1 N–H and O–H groups in total. The Hall–Kier alpha value is -2.81. The molecule has 9 heteroatoms. The molecular formula is C21H27FN2O5S. The van der Waals surface area contributed by atoms with Gasteiger partial charge in [-0.3, -0.25) is 9.10 Å². The summed E-state index contributed by atoms with van der Waals surface area (Å²) in [5.41, 5.74) is 1.26. The molecular weight excluding hydrogens is 411 g/mol. The fourth-order valence-corrected chi connectivity index (χ4v) is 4.26.